The molecule has 0 saturated carbocycles. The second kappa shape index (κ2) is 14.6. The molecule has 234 valence electrons. The van der Waals surface area contributed by atoms with Gasteiger partial charge in [0.25, 0.3) is 0 Å². The minimum atomic E-state index is -3.54. The lowest BCUT2D eigenvalue weighted by atomic mass is 9.76. The topological polar surface area (TPSA) is 117 Å². The number of amides is 1. The van der Waals surface area contributed by atoms with Crippen LogP contribution >= 0.6 is 0 Å². The maximum Gasteiger partial charge on any atom is 0.242 e. The Morgan fingerprint density at radius 1 is 0.860 bits per heavy atom. The first kappa shape index (κ1) is 33.8. The van der Waals surface area contributed by atoms with E-state index < -0.39 is 10.0 Å². The van der Waals surface area contributed by atoms with Crippen LogP contribution in [0.15, 0.2) is 66.7 Å². The molecule has 0 saturated heterocycles. The highest BCUT2D eigenvalue weighted by Crippen LogP contribution is 2.38. The molecule has 0 atom stereocenters. The van der Waals surface area contributed by atoms with Gasteiger partial charge in [-0.2, -0.15) is 0 Å². The third-order valence-electron chi connectivity index (χ3n) is 8.17. The number of aromatic hydroxyl groups is 1. The monoisotopic (exact) mass is 609 g/mol. The summed E-state index contributed by atoms with van der Waals surface area (Å²) in [5.41, 5.74) is 9.44. The summed E-state index contributed by atoms with van der Waals surface area (Å²) >= 11 is 0. The fraction of sp³-hybridized carbons (Fsp3) is 0.441. The lowest BCUT2D eigenvalue weighted by molar-refractivity contribution is -0.120. The molecule has 3 rings (SSSR count). The van der Waals surface area contributed by atoms with Crippen molar-refractivity contribution in [3.8, 4) is 11.5 Å². The molecule has 0 radical (unpaired) electrons. The first-order valence-electron chi connectivity index (χ1n) is 15.0. The molecule has 0 heterocycles. The molecule has 0 aliphatic heterocycles. The van der Waals surface area contributed by atoms with Crippen LogP contribution in [0.1, 0.15) is 83.9 Å². The van der Waals surface area contributed by atoms with E-state index in [4.69, 9.17) is 4.74 Å². The van der Waals surface area contributed by atoms with Crippen LogP contribution in [0.25, 0.3) is 0 Å². The second-order valence-corrected chi connectivity index (χ2v) is 14.1. The summed E-state index contributed by atoms with van der Waals surface area (Å²) < 4.78 is 34.1. The number of unbranched alkanes of at least 4 members (excludes halogenated alkanes) is 1. The summed E-state index contributed by atoms with van der Waals surface area (Å²) in [5.74, 6) is 0.591. The Hall–Kier alpha value is -3.72. The molecule has 0 aliphatic carbocycles. The van der Waals surface area contributed by atoms with Crippen molar-refractivity contribution < 1.29 is 23.1 Å². The first-order chi connectivity index (χ1) is 20.3. The fourth-order valence-electron chi connectivity index (χ4n) is 4.45. The summed E-state index contributed by atoms with van der Waals surface area (Å²) in [5, 5.41) is 9.82. The van der Waals surface area contributed by atoms with Crippen molar-refractivity contribution in [3.63, 3.8) is 0 Å². The quantitative estimate of drug-likeness (QED) is 0.102. The van der Waals surface area contributed by atoms with E-state index in [1.54, 1.807) is 42.5 Å². The Morgan fingerprint density at radius 3 is 2.16 bits per heavy atom. The highest BCUT2D eigenvalue weighted by Gasteiger charge is 2.26. The summed E-state index contributed by atoms with van der Waals surface area (Å²) in [6, 6.07) is 19.7. The number of phenols is 1. The zero-order chi connectivity index (χ0) is 31.7. The van der Waals surface area contributed by atoms with Crippen LogP contribution in [-0.4, -0.2) is 31.8 Å². The van der Waals surface area contributed by atoms with Crippen LogP contribution in [-0.2, 0) is 32.1 Å². The summed E-state index contributed by atoms with van der Waals surface area (Å²) in [6.07, 6.45) is 3.12. The molecule has 0 bridgehead atoms. The number of hydrogen-bond donors (Lipinski definition) is 4. The Kier molecular flexibility index (Phi) is 11.5. The molecule has 43 heavy (non-hydrogen) atoms. The van der Waals surface area contributed by atoms with Gasteiger partial charge in [0.2, 0.25) is 15.9 Å². The first-order valence-corrected chi connectivity index (χ1v) is 16.6. The molecule has 0 spiro atoms. The second-order valence-electron chi connectivity index (χ2n) is 12.2. The number of hydrogen-bond acceptors (Lipinski definition) is 6. The highest BCUT2D eigenvalue weighted by atomic mass is 32.2. The Bertz CT molecular complexity index is 1470. The number of benzene rings is 3. The van der Waals surface area contributed by atoms with E-state index in [0.29, 0.717) is 36.4 Å². The van der Waals surface area contributed by atoms with Crippen molar-refractivity contribution in [1.82, 2.24) is 5.43 Å². The Morgan fingerprint density at radius 2 is 1.51 bits per heavy atom. The van der Waals surface area contributed by atoms with E-state index in [1.165, 1.54) is 17.2 Å². The number of hydrazine groups is 1. The zero-order valence-corrected chi connectivity index (χ0v) is 27.1. The molecule has 3 aromatic carbocycles. The van der Waals surface area contributed by atoms with Crippen LogP contribution in [0.4, 0.5) is 11.4 Å². The van der Waals surface area contributed by atoms with Gasteiger partial charge in [0.05, 0.1) is 24.5 Å². The summed E-state index contributed by atoms with van der Waals surface area (Å²) in [6.45, 7) is 13.8. The van der Waals surface area contributed by atoms with Gasteiger partial charge >= 0.3 is 0 Å². The molecular formula is C34H47N3O5S. The maximum atomic E-state index is 12.7. The average molecular weight is 610 g/mol. The number of sulfonamides is 1. The molecule has 0 unspecified atom stereocenters. The van der Waals surface area contributed by atoms with Gasteiger partial charge in [-0.25, -0.2) is 8.42 Å². The highest BCUT2D eigenvalue weighted by molar-refractivity contribution is 7.92. The SMILES string of the molecule is CCC(C)(C)c1ccc(OCCCCS(=O)(=O)Nc2ccc(NNC(=O)Cc3ccccc3O)cc2)c(C(C)(C)CC)c1. The van der Waals surface area contributed by atoms with Crippen molar-refractivity contribution in [2.45, 2.75) is 84.5 Å². The van der Waals surface area contributed by atoms with E-state index in [1.807, 2.05) is 0 Å². The molecule has 0 aliphatic rings. The maximum absolute atomic E-state index is 12.7. The predicted molar refractivity (Wildman–Crippen MR) is 175 cm³/mol. The van der Waals surface area contributed by atoms with Gasteiger partial charge in [-0.15, -0.1) is 0 Å². The van der Waals surface area contributed by atoms with Gasteiger partial charge in [-0.1, -0.05) is 71.9 Å². The lowest BCUT2D eigenvalue weighted by Crippen LogP contribution is -2.30. The van der Waals surface area contributed by atoms with Crippen molar-refractivity contribution in [3.05, 3.63) is 83.4 Å². The van der Waals surface area contributed by atoms with Crippen LogP contribution in [0.5, 0.6) is 11.5 Å². The number of carbonyl (C=O) groups excluding carboxylic acids is 1. The molecule has 0 aromatic heterocycles. The largest absolute Gasteiger partial charge is 0.508 e. The summed E-state index contributed by atoms with van der Waals surface area (Å²) in [4.78, 5) is 12.2. The Balaban J connectivity index is 1.46. The van der Waals surface area contributed by atoms with E-state index >= 15 is 0 Å². The number of nitrogens with one attached hydrogen (secondary N) is 3. The lowest BCUT2D eigenvalue weighted by Gasteiger charge is -2.30. The van der Waals surface area contributed by atoms with E-state index in [-0.39, 0.29) is 34.7 Å². The normalized spacial score (nSPS) is 12.0. The van der Waals surface area contributed by atoms with Gasteiger partial charge in [0.1, 0.15) is 11.5 Å². The van der Waals surface area contributed by atoms with Crippen LogP contribution in [0.3, 0.4) is 0 Å². The number of phenolic OH excluding ortho intramolecular Hbond substituents is 1. The number of rotatable bonds is 16. The van der Waals surface area contributed by atoms with Gasteiger partial charge in [0.15, 0.2) is 0 Å². The number of ether oxygens (including phenoxy) is 1. The molecule has 9 heteroatoms. The van der Waals surface area contributed by atoms with Crippen molar-refractivity contribution >= 4 is 27.3 Å². The van der Waals surface area contributed by atoms with Crippen LogP contribution < -0.4 is 20.3 Å². The molecular weight excluding hydrogens is 562 g/mol. The summed E-state index contributed by atoms with van der Waals surface area (Å²) in [7, 11) is -3.54. The van der Waals surface area contributed by atoms with Crippen molar-refractivity contribution in [2.24, 2.45) is 0 Å². The number of para-hydroxylation sites is 1. The minimum absolute atomic E-state index is 0.0179. The third-order valence-corrected chi connectivity index (χ3v) is 9.54. The molecule has 0 fully saturated rings. The van der Waals surface area contributed by atoms with Crippen LogP contribution in [0, 0.1) is 0 Å². The van der Waals surface area contributed by atoms with Gasteiger partial charge in [-0.3, -0.25) is 20.4 Å². The van der Waals surface area contributed by atoms with E-state index in [9.17, 15) is 18.3 Å². The molecule has 8 nitrogen and oxygen atoms in total. The van der Waals surface area contributed by atoms with Gasteiger partial charge < -0.3 is 9.84 Å². The molecule has 4 N–H and O–H groups in total. The van der Waals surface area contributed by atoms with E-state index in [2.05, 4.69) is 75.3 Å². The average Bonchev–Trinajstić information content (AvgIpc) is 2.97. The zero-order valence-electron chi connectivity index (χ0n) is 26.3. The third kappa shape index (κ3) is 9.92. The molecule has 1 amide bonds. The van der Waals surface area contributed by atoms with Gasteiger partial charge in [-0.05, 0) is 78.5 Å². The van der Waals surface area contributed by atoms with Gasteiger partial charge in [0, 0.05) is 16.8 Å². The number of anilines is 2. The predicted octanol–water partition coefficient (Wildman–Crippen LogP) is 7.05. The fourth-order valence-corrected chi connectivity index (χ4v) is 5.63. The number of carbonyl (C=O) groups is 1. The smallest absolute Gasteiger partial charge is 0.242 e. The standard InChI is InChI=1S/C34H47N3O5S/c1-7-33(3,4)26-15-20-31(29(24-26)34(5,6)8-2)42-21-11-12-22-43(40,41)37-28-18-16-27(17-19-28)35-36-32(39)23-25-13-9-10-14-30(25)38/h9-10,13-20,24,35,37-38H,7-8,11-12,21-23H2,1-6H3,(H,36,39). The Labute approximate surface area is 257 Å². The van der Waals surface area contributed by atoms with E-state index in [0.717, 1.165) is 18.6 Å². The van der Waals surface area contributed by atoms with Crippen LogP contribution in [0.2, 0.25) is 0 Å². The minimum Gasteiger partial charge on any atom is -0.508 e. The van der Waals surface area contributed by atoms with Crippen molar-refractivity contribution in [2.75, 3.05) is 22.5 Å². The molecule has 3 aromatic rings. The van der Waals surface area contributed by atoms with Crippen molar-refractivity contribution in [1.29, 1.82) is 0 Å².